The van der Waals surface area contributed by atoms with Crippen molar-refractivity contribution in [2.75, 3.05) is 25.1 Å². The van der Waals surface area contributed by atoms with E-state index < -0.39 is 0 Å². The Kier molecular flexibility index (Phi) is 7.23. The maximum absolute atomic E-state index is 11.3. The first-order valence-corrected chi connectivity index (χ1v) is 5.58. The van der Waals surface area contributed by atoms with E-state index in [-0.39, 0.29) is 23.6 Å². The highest BCUT2D eigenvalue weighted by molar-refractivity contribution is 8.00. The number of carbonyl (C=O) groups is 2. The molecular formula is C8H17N3O2S. The minimum Gasteiger partial charge on any atom is -0.369 e. The van der Waals surface area contributed by atoms with E-state index >= 15 is 0 Å². The highest BCUT2D eigenvalue weighted by Gasteiger charge is 2.15. The Balaban J connectivity index is 3.78. The van der Waals surface area contributed by atoms with Crippen molar-refractivity contribution in [1.29, 1.82) is 0 Å². The van der Waals surface area contributed by atoms with Crippen molar-refractivity contribution in [3.05, 3.63) is 0 Å². The number of carbonyl (C=O) groups excluding carboxylic acids is 2. The first-order chi connectivity index (χ1) is 6.61. The molecule has 1 unspecified atom stereocenters. The van der Waals surface area contributed by atoms with Gasteiger partial charge in [0.05, 0.1) is 11.8 Å². The second-order valence-electron chi connectivity index (χ2n) is 2.72. The van der Waals surface area contributed by atoms with Crippen LogP contribution in [0.15, 0.2) is 0 Å². The maximum Gasteiger partial charge on any atom is 0.237 e. The Hall–Kier alpha value is -0.750. The lowest BCUT2D eigenvalue weighted by Gasteiger charge is -2.14. The predicted molar refractivity (Wildman–Crippen MR) is 58.1 cm³/mol. The van der Waals surface area contributed by atoms with Gasteiger partial charge in [-0.15, -0.1) is 11.8 Å². The Labute approximate surface area is 88.2 Å². The Morgan fingerprint density at radius 2 is 2.14 bits per heavy atom. The number of amides is 2. The molecule has 0 saturated heterocycles. The fourth-order valence-electron chi connectivity index (χ4n) is 0.865. The molecule has 0 aromatic heterocycles. The summed E-state index contributed by atoms with van der Waals surface area (Å²) in [5, 5.41) is 5.58. The zero-order valence-corrected chi connectivity index (χ0v) is 9.32. The van der Waals surface area contributed by atoms with Gasteiger partial charge in [-0.2, -0.15) is 0 Å². The molecule has 0 fully saturated rings. The van der Waals surface area contributed by atoms with E-state index in [4.69, 9.17) is 5.73 Å². The van der Waals surface area contributed by atoms with Gasteiger partial charge in [0.1, 0.15) is 0 Å². The van der Waals surface area contributed by atoms with Gasteiger partial charge in [0, 0.05) is 12.3 Å². The van der Waals surface area contributed by atoms with Crippen LogP contribution >= 0.6 is 11.8 Å². The third-order valence-electron chi connectivity index (χ3n) is 1.54. The highest BCUT2D eigenvalue weighted by Crippen LogP contribution is 2.01. The first kappa shape index (κ1) is 13.2. The number of hydrogen-bond donors (Lipinski definition) is 3. The fourth-order valence-corrected chi connectivity index (χ4v) is 1.74. The minimum atomic E-state index is -0.360. The molecule has 82 valence electrons. The van der Waals surface area contributed by atoms with E-state index in [2.05, 4.69) is 10.6 Å². The summed E-state index contributed by atoms with van der Waals surface area (Å²) in [6, 6.07) is -0.265. The van der Waals surface area contributed by atoms with Crippen LogP contribution in [0.2, 0.25) is 0 Å². The minimum absolute atomic E-state index is 0.0491. The third-order valence-corrected chi connectivity index (χ3v) is 2.60. The second-order valence-corrected chi connectivity index (χ2v) is 3.75. The zero-order valence-electron chi connectivity index (χ0n) is 8.50. The average molecular weight is 219 g/mol. The van der Waals surface area contributed by atoms with Crippen LogP contribution in [0.3, 0.4) is 0 Å². The van der Waals surface area contributed by atoms with Gasteiger partial charge in [0.15, 0.2) is 0 Å². The van der Waals surface area contributed by atoms with Gasteiger partial charge in [-0.05, 0) is 14.0 Å². The second kappa shape index (κ2) is 7.64. The molecular weight excluding hydrogens is 202 g/mol. The van der Waals surface area contributed by atoms with Crippen LogP contribution in [0.4, 0.5) is 0 Å². The van der Waals surface area contributed by atoms with Crippen LogP contribution in [-0.4, -0.2) is 43.0 Å². The largest absolute Gasteiger partial charge is 0.369 e. The number of nitrogens with two attached hydrogens (primary N) is 1. The van der Waals surface area contributed by atoms with E-state index in [9.17, 15) is 9.59 Å². The molecule has 0 aliphatic heterocycles. The smallest absolute Gasteiger partial charge is 0.237 e. The number of likely N-dealkylation sites (N-methyl/N-ethyl adjacent to an activating group) is 2. The lowest BCUT2D eigenvalue weighted by Crippen LogP contribution is -2.44. The molecule has 0 bridgehead atoms. The summed E-state index contributed by atoms with van der Waals surface area (Å²) in [5.74, 6) is 0.385. The Bertz CT molecular complexity index is 199. The molecule has 1 atom stereocenters. The SMILES string of the molecule is CCNC(=O)C(CSCC(N)=O)NC. The molecule has 0 rings (SSSR count). The zero-order chi connectivity index (χ0) is 11.0. The van der Waals surface area contributed by atoms with Crippen molar-refractivity contribution in [2.45, 2.75) is 13.0 Å². The molecule has 0 radical (unpaired) electrons. The van der Waals surface area contributed by atoms with Crippen molar-refractivity contribution in [3.8, 4) is 0 Å². The van der Waals surface area contributed by atoms with E-state index in [1.54, 1.807) is 7.05 Å². The van der Waals surface area contributed by atoms with E-state index in [1.807, 2.05) is 6.92 Å². The predicted octanol–water partition coefficient (Wildman–Crippen LogP) is -1.07. The quantitative estimate of drug-likeness (QED) is 0.509. The van der Waals surface area contributed by atoms with Crippen molar-refractivity contribution >= 4 is 23.6 Å². The van der Waals surface area contributed by atoms with Crippen molar-refractivity contribution < 1.29 is 9.59 Å². The lowest BCUT2D eigenvalue weighted by atomic mass is 10.3. The first-order valence-electron chi connectivity index (χ1n) is 4.42. The van der Waals surface area contributed by atoms with Gasteiger partial charge in [0.2, 0.25) is 11.8 Å². The Morgan fingerprint density at radius 1 is 1.50 bits per heavy atom. The Morgan fingerprint density at radius 3 is 2.57 bits per heavy atom. The summed E-state index contributed by atoms with van der Waals surface area (Å²) in [6.07, 6.45) is 0. The van der Waals surface area contributed by atoms with Crippen molar-refractivity contribution in [2.24, 2.45) is 5.73 Å². The van der Waals surface area contributed by atoms with Gasteiger partial charge < -0.3 is 16.4 Å². The molecule has 0 aliphatic carbocycles. The molecule has 0 aromatic rings. The molecule has 2 amide bonds. The van der Waals surface area contributed by atoms with E-state index in [1.165, 1.54) is 11.8 Å². The van der Waals surface area contributed by atoms with Crippen LogP contribution in [0.1, 0.15) is 6.92 Å². The molecule has 5 nitrogen and oxygen atoms in total. The van der Waals surface area contributed by atoms with E-state index in [0.29, 0.717) is 12.3 Å². The normalized spacial score (nSPS) is 12.1. The number of nitrogens with one attached hydrogen (secondary N) is 2. The lowest BCUT2D eigenvalue weighted by molar-refractivity contribution is -0.122. The van der Waals surface area contributed by atoms with Crippen LogP contribution in [0, 0.1) is 0 Å². The van der Waals surface area contributed by atoms with E-state index in [0.717, 1.165) is 0 Å². The highest BCUT2D eigenvalue weighted by atomic mass is 32.2. The van der Waals surface area contributed by atoms with Gasteiger partial charge in [-0.1, -0.05) is 0 Å². The molecule has 0 aliphatic rings. The fraction of sp³-hybridized carbons (Fsp3) is 0.750. The van der Waals surface area contributed by atoms with Crippen molar-refractivity contribution in [1.82, 2.24) is 10.6 Å². The average Bonchev–Trinajstić information content (AvgIpc) is 2.12. The summed E-state index contributed by atoms with van der Waals surface area (Å²) in [6.45, 7) is 2.47. The molecule has 0 heterocycles. The summed E-state index contributed by atoms with van der Waals surface area (Å²) in [7, 11) is 1.71. The summed E-state index contributed by atoms with van der Waals surface area (Å²) >= 11 is 1.35. The summed E-state index contributed by atoms with van der Waals surface area (Å²) < 4.78 is 0. The van der Waals surface area contributed by atoms with Crippen LogP contribution in [0.25, 0.3) is 0 Å². The van der Waals surface area contributed by atoms with Gasteiger partial charge in [-0.25, -0.2) is 0 Å². The van der Waals surface area contributed by atoms with Crippen LogP contribution in [-0.2, 0) is 9.59 Å². The molecule has 0 aromatic carbocycles. The number of rotatable bonds is 7. The third kappa shape index (κ3) is 5.82. The monoisotopic (exact) mass is 219 g/mol. The topological polar surface area (TPSA) is 84.2 Å². The summed E-state index contributed by atoms with van der Waals surface area (Å²) in [4.78, 5) is 21.8. The molecule has 0 spiro atoms. The van der Waals surface area contributed by atoms with Gasteiger partial charge in [0.25, 0.3) is 0 Å². The van der Waals surface area contributed by atoms with Crippen molar-refractivity contribution in [3.63, 3.8) is 0 Å². The number of hydrogen-bond acceptors (Lipinski definition) is 4. The standard InChI is InChI=1S/C8H17N3O2S/c1-3-11-8(13)6(10-2)4-14-5-7(9)12/h6,10H,3-5H2,1-2H3,(H2,9,12)(H,11,13). The van der Waals surface area contributed by atoms with Crippen LogP contribution in [0.5, 0.6) is 0 Å². The van der Waals surface area contributed by atoms with Gasteiger partial charge >= 0.3 is 0 Å². The maximum atomic E-state index is 11.3. The number of primary amides is 1. The molecule has 4 N–H and O–H groups in total. The summed E-state index contributed by atoms with van der Waals surface area (Å²) in [5.41, 5.74) is 4.97. The molecule has 0 saturated carbocycles. The molecule has 6 heteroatoms. The molecule has 14 heavy (non-hydrogen) atoms. The van der Waals surface area contributed by atoms with Gasteiger partial charge in [-0.3, -0.25) is 9.59 Å². The van der Waals surface area contributed by atoms with Crippen LogP contribution < -0.4 is 16.4 Å². The number of thioether (sulfide) groups is 1.